The molecule has 1 aliphatic heterocycles. The molecule has 7 heteroatoms. The van der Waals surface area contributed by atoms with Gasteiger partial charge in [0.15, 0.2) is 0 Å². The number of rotatable bonds is 3. The van der Waals surface area contributed by atoms with Crippen LogP contribution in [-0.4, -0.2) is 23.8 Å². The zero-order chi connectivity index (χ0) is 17.2. The summed E-state index contributed by atoms with van der Waals surface area (Å²) >= 11 is 0. The van der Waals surface area contributed by atoms with E-state index in [1.54, 1.807) is 0 Å². The molecule has 1 saturated carbocycles. The van der Waals surface area contributed by atoms with Crippen LogP contribution in [0.2, 0.25) is 0 Å². The van der Waals surface area contributed by atoms with Crippen molar-refractivity contribution in [1.29, 1.82) is 0 Å². The minimum absolute atomic E-state index is 0.00591. The van der Waals surface area contributed by atoms with E-state index in [9.17, 15) is 29.4 Å². The number of carbonyl (C=O) groups is 4. The van der Waals surface area contributed by atoms with Gasteiger partial charge in [0.1, 0.15) is 0 Å². The summed E-state index contributed by atoms with van der Waals surface area (Å²) in [5, 5.41) is 22.2. The minimum Gasteiger partial charge on any atom is -0.545 e. The standard InChI is InChI=1S/C17H13NO6/c19-14-12-7-1-2-8(3-7)13(12)15(20)18(14)11-5-9(16(21)22)4-10(6-11)17(23)24/h1-2,4-8,12-13H,3H2,(H,21,22)(H,23,24)/p-2/t7-,8+,12+,13-. The molecule has 1 heterocycles. The lowest BCUT2D eigenvalue weighted by molar-refractivity contribution is -0.255. The number of imide groups is 1. The Morgan fingerprint density at radius 3 is 1.75 bits per heavy atom. The van der Waals surface area contributed by atoms with Gasteiger partial charge in [-0.1, -0.05) is 12.2 Å². The average molecular weight is 325 g/mol. The summed E-state index contributed by atoms with van der Waals surface area (Å²) in [4.78, 5) is 48.5. The normalized spacial score (nSPS) is 30.1. The first-order valence-corrected chi connectivity index (χ1v) is 7.52. The number of anilines is 1. The summed E-state index contributed by atoms with van der Waals surface area (Å²) < 4.78 is 0. The van der Waals surface area contributed by atoms with Gasteiger partial charge in [0.05, 0.1) is 29.5 Å². The lowest BCUT2D eigenvalue weighted by atomic mass is 9.85. The van der Waals surface area contributed by atoms with Crippen LogP contribution in [0.5, 0.6) is 0 Å². The van der Waals surface area contributed by atoms with E-state index in [2.05, 4.69) is 0 Å². The molecule has 1 aromatic rings. The maximum Gasteiger partial charge on any atom is 0.238 e. The van der Waals surface area contributed by atoms with E-state index < -0.39 is 46.7 Å². The molecule has 0 N–H and O–H groups in total. The number of carbonyl (C=O) groups excluding carboxylic acids is 4. The molecule has 0 spiro atoms. The summed E-state index contributed by atoms with van der Waals surface area (Å²) in [5.41, 5.74) is -0.921. The lowest BCUT2D eigenvalue weighted by Crippen LogP contribution is -2.34. The van der Waals surface area contributed by atoms with Gasteiger partial charge in [-0.3, -0.25) is 9.59 Å². The van der Waals surface area contributed by atoms with Gasteiger partial charge in [0.25, 0.3) is 0 Å². The maximum atomic E-state index is 12.7. The van der Waals surface area contributed by atoms with Crippen molar-refractivity contribution in [1.82, 2.24) is 0 Å². The number of carboxylic acid groups (broad SMARTS) is 2. The van der Waals surface area contributed by atoms with E-state index in [0.29, 0.717) is 0 Å². The van der Waals surface area contributed by atoms with E-state index >= 15 is 0 Å². The summed E-state index contributed by atoms with van der Waals surface area (Å²) in [6, 6.07) is 3.03. The molecule has 7 nitrogen and oxygen atoms in total. The Morgan fingerprint density at radius 2 is 1.33 bits per heavy atom. The number of nitrogens with zero attached hydrogens (tertiary/aromatic N) is 1. The van der Waals surface area contributed by atoms with Crippen molar-refractivity contribution in [2.75, 3.05) is 4.90 Å². The quantitative estimate of drug-likeness (QED) is 0.505. The van der Waals surface area contributed by atoms with Gasteiger partial charge in [-0.25, -0.2) is 4.90 Å². The van der Waals surface area contributed by atoms with Crippen LogP contribution >= 0.6 is 0 Å². The molecule has 1 saturated heterocycles. The summed E-state index contributed by atoms with van der Waals surface area (Å²) in [7, 11) is 0. The topological polar surface area (TPSA) is 118 Å². The largest absolute Gasteiger partial charge is 0.545 e. The second-order valence-electron chi connectivity index (χ2n) is 6.36. The number of amides is 2. The number of hydrogen-bond donors (Lipinski definition) is 0. The van der Waals surface area contributed by atoms with Crippen molar-refractivity contribution in [3.63, 3.8) is 0 Å². The Kier molecular flexibility index (Phi) is 2.90. The van der Waals surface area contributed by atoms with Crippen LogP contribution < -0.4 is 15.1 Å². The van der Waals surface area contributed by atoms with Crippen LogP contribution in [0.15, 0.2) is 30.4 Å². The van der Waals surface area contributed by atoms with Crippen molar-refractivity contribution < 1.29 is 29.4 Å². The zero-order valence-electron chi connectivity index (χ0n) is 12.3. The summed E-state index contributed by atoms with van der Waals surface area (Å²) in [6.45, 7) is 0. The van der Waals surface area contributed by atoms with Crippen molar-refractivity contribution in [3.8, 4) is 0 Å². The first kappa shape index (κ1) is 14.6. The third-order valence-corrected chi connectivity index (χ3v) is 5.12. The predicted octanol–water partition coefficient (Wildman–Crippen LogP) is -1.27. The Morgan fingerprint density at radius 1 is 0.875 bits per heavy atom. The number of fused-ring (bicyclic) bond motifs is 5. The first-order valence-electron chi connectivity index (χ1n) is 7.52. The fourth-order valence-electron chi connectivity index (χ4n) is 4.13. The van der Waals surface area contributed by atoms with Crippen LogP contribution in [0.1, 0.15) is 27.1 Å². The highest BCUT2D eigenvalue weighted by Crippen LogP contribution is 2.53. The third kappa shape index (κ3) is 1.84. The second-order valence-corrected chi connectivity index (χ2v) is 6.36. The molecule has 3 aliphatic rings. The molecular weight excluding hydrogens is 314 g/mol. The monoisotopic (exact) mass is 325 g/mol. The summed E-state index contributed by atoms with van der Waals surface area (Å²) in [5.74, 6) is -4.92. The van der Waals surface area contributed by atoms with Crippen molar-refractivity contribution in [2.45, 2.75) is 6.42 Å². The van der Waals surface area contributed by atoms with E-state index in [-0.39, 0.29) is 17.5 Å². The molecule has 4 atom stereocenters. The Hall–Kier alpha value is -2.96. The van der Waals surface area contributed by atoms with Gasteiger partial charge >= 0.3 is 0 Å². The second kappa shape index (κ2) is 4.77. The predicted molar refractivity (Wildman–Crippen MR) is 75.3 cm³/mol. The zero-order valence-corrected chi connectivity index (χ0v) is 12.3. The number of aromatic carboxylic acids is 2. The van der Waals surface area contributed by atoms with Crippen molar-refractivity contribution in [3.05, 3.63) is 41.5 Å². The van der Waals surface area contributed by atoms with E-state index in [1.165, 1.54) is 0 Å². The maximum absolute atomic E-state index is 12.7. The number of hydrogen-bond acceptors (Lipinski definition) is 6. The third-order valence-electron chi connectivity index (χ3n) is 5.12. The molecule has 0 aromatic heterocycles. The molecule has 1 aromatic carbocycles. The number of allylic oxidation sites excluding steroid dienone is 2. The van der Waals surface area contributed by atoms with Crippen LogP contribution in [0.4, 0.5) is 5.69 Å². The van der Waals surface area contributed by atoms with Gasteiger partial charge < -0.3 is 19.8 Å². The molecule has 2 fully saturated rings. The van der Waals surface area contributed by atoms with Crippen LogP contribution in [0, 0.1) is 23.7 Å². The highest BCUT2D eigenvalue weighted by molar-refractivity contribution is 6.23. The molecule has 0 unspecified atom stereocenters. The molecule has 0 radical (unpaired) electrons. The average Bonchev–Trinajstić information content (AvgIpc) is 3.21. The van der Waals surface area contributed by atoms with Gasteiger partial charge in [0, 0.05) is 0 Å². The van der Waals surface area contributed by atoms with Crippen LogP contribution in [0.25, 0.3) is 0 Å². The molecule has 24 heavy (non-hydrogen) atoms. The van der Waals surface area contributed by atoms with Crippen molar-refractivity contribution in [2.24, 2.45) is 23.7 Å². The Bertz CT molecular complexity index is 779. The Balaban J connectivity index is 1.79. The SMILES string of the molecule is O=C([O-])c1cc(C(=O)[O-])cc(N2C(=O)[C@@H]3[C@H](C2=O)[C@H]2C=C[C@@H]3C2)c1. The van der Waals surface area contributed by atoms with E-state index in [0.717, 1.165) is 29.5 Å². The molecular formula is C17H11NO6-2. The number of carboxylic acids is 2. The first-order chi connectivity index (χ1) is 11.4. The molecule has 2 amide bonds. The minimum atomic E-state index is -1.60. The van der Waals surface area contributed by atoms with Gasteiger partial charge in [-0.05, 0) is 47.6 Å². The van der Waals surface area contributed by atoms with Gasteiger partial charge in [0.2, 0.25) is 11.8 Å². The summed E-state index contributed by atoms with van der Waals surface area (Å²) in [6.07, 6.45) is 4.64. The highest BCUT2D eigenvalue weighted by Gasteiger charge is 2.59. The highest BCUT2D eigenvalue weighted by atomic mass is 16.4. The van der Waals surface area contributed by atoms with Gasteiger partial charge in [-0.2, -0.15) is 0 Å². The van der Waals surface area contributed by atoms with Crippen molar-refractivity contribution >= 4 is 29.4 Å². The molecule has 2 bridgehead atoms. The molecule has 122 valence electrons. The molecule has 4 rings (SSSR count). The number of benzene rings is 1. The smallest absolute Gasteiger partial charge is 0.238 e. The lowest BCUT2D eigenvalue weighted by Gasteiger charge is -2.20. The van der Waals surface area contributed by atoms with Gasteiger partial charge in [-0.15, -0.1) is 0 Å². The van der Waals surface area contributed by atoms with E-state index in [1.807, 2.05) is 12.2 Å². The Labute approximate surface area is 136 Å². The fourth-order valence-corrected chi connectivity index (χ4v) is 4.13. The van der Waals surface area contributed by atoms with E-state index in [4.69, 9.17) is 0 Å². The molecule has 2 aliphatic carbocycles. The van der Waals surface area contributed by atoms with Crippen LogP contribution in [-0.2, 0) is 9.59 Å². The fraction of sp³-hybridized carbons (Fsp3) is 0.294. The van der Waals surface area contributed by atoms with Crippen LogP contribution in [0.3, 0.4) is 0 Å².